The van der Waals surface area contributed by atoms with Gasteiger partial charge in [0, 0.05) is 13.0 Å². The van der Waals surface area contributed by atoms with Gasteiger partial charge in [-0.2, -0.15) is 0 Å². The van der Waals surface area contributed by atoms with Gasteiger partial charge in [-0.05, 0) is 44.5 Å². The van der Waals surface area contributed by atoms with Gasteiger partial charge in [-0.15, -0.1) is 0 Å². The van der Waals surface area contributed by atoms with Crippen molar-refractivity contribution >= 4 is 0 Å². The van der Waals surface area contributed by atoms with E-state index in [-0.39, 0.29) is 0 Å². The lowest BCUT2D eigenvalue weighted by molar-refractivity contribution is -0.0224. The number of rotatable bonds is 2. The van der Waals surface area contributed by atoms with Crippen LogP contribution >= 0.6 is 0 Å². The van der Waals surface area contributed by atoms with E-state index in [0.717, 1.165) is 32.4 Å². The van der Waals surface area contributed by atoms with Crippen molar-refractivity contribution in [2.24, 2.45) is 0 Å². The highest BCUT2D eigenvalue weighted by Crippen LogP contribution is 2.25. The second-order valence-electron chi connectivity index (χ2n) is 5.17. The number of benzene rings is 1. The third-order valence-electron chi connectivity index (χ3n) is 3.53. The molecular formula is C14H21NO. The first-order valence-corrected chi connectivity index (χ1v) is 6.04. The molecule has 1 saturated heterocycles. The number of piperidine rings is 1. The van der Waals surface area contributed by atoms with E-state index >= 15 is 0 Å². The standard InChI is InChI=1S/C14H21NO/c1-12-6-3-4-7-13(12)10-14(16)8-5-9-15(2)11-14/h3-4,6-7,16H,5,8-11H2,1-2H3. The molecule has 1 aliphatic heterocycles. The first kappa shape index (κ1) is 11.6. The average molecular weight is 219 g/mol. The van der Waals surface area contributed by atoms with Crippen LogP contribution in [0.15, 0.2) is 24.3 Å². The van der Waals surface area contributed by atoms with Gasteiger partial charge in [-0.25, -0.2) is 0 Å². The van der Waals surface area contributed by atoms with Gasteiger partial charge in [0.15, 0.2) is 0 Å². The maximum atomic E-state index is 10.6. The van der Waals surface area contributed by atoms with Gasteiger partial charge in [0.2, 0.25) is 0 Å². The van der Waals surface area contributed by atoms with Gasteiger partial charge >= 0.3 is 0 Å². The fourth-order valence-corrected chi connectivity index (χ4v) is 2.65. The van der Waals surface area contributed by atoms with Crippen LogP contribution in [0.1, 0.15) is 24.0 Å². The molecule has 0 aliphatic carbocycles. The number of hydrogen-bond donors (Lipinski definition) is 1. The van der Waals surface area contributed by atoms with Gasteiger partial charge in [-0.1, -0.05) is 24.3 Å². The molecule has 0 bridgehead atoms. The lowest BCUT2D eigenvalue weighted by Gasteiger charge is -2.37. The molecule has 88 valence electrons. The molecule has 0 spiro atoms. The molecule has 16 heavy (non-hydrogen) atoms. The van der Waals surface area contributed by atoms with Crippen LogP contribution in [0.5, 0.6) is 0 Å². The molecular weight excluding hydrogens is 198 g/mol. The largest absolute Gasteiger partial charge is 0.388 e. The van der Waals surface area contributed by atoms with Gasteiger partial charge in [0.1, 0.15) is 0 Å². The quantitative estimate of drug-likeness (QED) is 0.822. The van der Waals surface area contributed by atoms with Crippen molar-refractivity contribution in [2.45, 2.75) is 31.8 Å². The minimum absolute atomic E-state index is 0.529. The molecule has 0 saturated carbocycles. The fraction of sp³-hybridized carbons (Fsp3) is 0.571. The van der Waals surface area contributed by atoms with Crippen molar-refractivity contribution in [1.29, 1.82) is 0 Å². The Morgan fingerprint density at radius 2 is 2.12 bits per heavy atom. The van der Waals surface area contributed by atoms with E-state index in [1.165, 1.54) is 11.1 Å². The maximum absolute atomic E-state index is 10.6. The fourth-order valence-electron chi connectivity index (χ4n) is 2.65. The maximum Gasteiger partial charge on any atom is 0.0814 e. The number of likely N-dealkylation sites (tertiary alicyclic amines) is 1. The summed E-state index contributed by atoms with van der Waals surface area (Å²) in [5.74, 6) is 0. The number of aliphatic hydroxyl groups is 1. The third kappa shape index (κ3) is 2.63. The Hall–Kier alpha value is -0.860. The highest BCUT2D eigenvalue weighted by Gasteiger charge is 2.32. The van der Waals surface area contributed by atoms with Crippen molar-refractivity contribution in [3.63, 3.8) is 0 Å². The van der Waals surface area contributed by atoms with Gasteiger partial charge in [0.25, 0.3) is 0 Å². The highest BCUT2D eigenvalue weighted by atomic mass is 16.3. The zero-order chi connectivity index (χ0) is 11.6. The minimum atomic E-state index is -0.529. The first-order chi connectivity index (χ1) is 7.59. The number of aryl methyl sites for hydroxylation is 1. The Morgan fingerprint density at radius 3 is 2.81 bits per heavy atom. The highest BCUT2D eigenvalue weighted by molar-refractivity contribution is 5.27. The smallest absolute Gasteiger partial charge is 0.0814 e. The molecule has 1 aliphatic rings. The predicted molar refractivity (Wildman–Crippen MR) is 66.6 cm³/mol. The Bertz CT molecular complexity index is 364. The summed E-state index contributed by atoms with van der Waals surface area (Å²) in [6, 6.07) is 8.35. The summed E-state index contributed by atoms with van der Waals surface area (Å²) in [6.45, 7) is 4.02. The molecule has 0 amide bonds. The Balaban J connectivity index is 2.11. The van der Waals surface area contributed by atoms with E-state index in [9.17, 15) is 5.11 Å². The summed E-state index contributed by atoms with van der Waals surface area (Å²) in [4.78, 5) is 2.22. The summed E-state index contributed by atoms with van der Waals surface area (Å²) < 4.78 is 0. The van der Waals surface area contributed by atoms with Gasteiger partial charge in [-0.3, -0.25) is 0 Å². The van der Waals surface area contributed by atoms with Gasteiger partial charge in [0.05, 0.1) is 5.60 Å². The van der Waals surface area contributed by atoms with E-state index in [4.69, 9.17) is 0 Å². The number of likely N-dealkylation sites (N-methyl/N-ethyl adjacent to an activating group) is 1. The molecule has 1 atom stereocenters. The van der Waals surface area contributed by atoms with E-state index in [2.05, 4.69) is 43.1 Å². The van der Waals surface area contributed by atoms with Crippen LogP contribution in [0.25, 0.3) is 0 Å². The van der Waals surface area contributed by atoms with E-state index in [1.54, 1.807) is 0 Å². The molecule has 1 fully saturated rings. The number of β-amino-alcohol motifs (C(OH)–C–C–N with tert-alkyl or cyclic N) is 1. The number of hydrogen-bond acceptors (Lipinski definition) is 2. The summed E-state index contributed by atoms with van der Waals surface area (Å²) in [5.41, 5.74) is 2.03. The van der Waals surface area contributed by atoms with Crippen LogP contribution in [-0.4, -0.2) is 35.7 Å². The molecule has 1 aromatic rings. The molecule has 2 heteroatoms. The van der Waals surface area contributed by atoms with E-state index in [1.807, 2.05) is 0 Å². The van der Waals surface area contributed by atoms with Crippen LogP contribution in [0, 0.1) is 6.92 Å². The first-order valence-electron chi connectivity index (χ1n) is 6.04. The van der Waals surface area contributed by atoms with Crippen molar-refractivity contribution < 1.29 is 5.11 Å². The van der Waals surface area contributed by atoms with Crippen molar-refractivity contribution in [1.82, 2.24) is 4.90 Å². The van der Waals surface area contributed by atoms with Crippen LogP contribution in [0.2, 0.25) is 0 Å². The number of nitrogens with zero attached hydrogens (tertiary/aromatic N) is 1. The molecule has 2 nitrogen and oxygen atoms in total. The van der Waals surface area contributed by atoms with Crippen molar-refractivity contribution in [2.75, 3.05) is 20.1 Å². The molecule has 2 rings (SSSR count). The molecule has 1 N–H and O–H groups in total. The van der Waals surface area contributed by atoms with Crippen LogP contribution in [0.4, 0.5) is 0 Å². The predicted octanol–water partition coefficient (Wildman–Crippen LogP) is 1.99. The monoisotopic (exact) mass is 219 g/mol. The summed E-state index contributed by atoms with van der Waals surface area (Å²) in [5, 5.41) is 10.6. The van der Waals surface area contributed by atoms with Crippen molar-refractivity contribution in [3.8, 4) is 0 Å². The zero-order valence-electron chi connectivity index (χ0n) is 10.2. The molecule has 1 heterocycles. The van der Waals surface area contributed by atoms with Crippen LogP contribution in [0.3, 0.4) is 0 Å². The Kier molecular flexibility index (Phi) is 3.31. The molecule has 1 unspecified atom stereocenters. The average Bonchev–Trinajstić information content (AvgIpc) is 2.21. The normalized spacial score (nSPS) is 26.9. The second kappa shape index (κ2) is 4.56. The Morgan fingerprint density at radius 1 is 1.38 bits per heavy atom. The molecule has 0 radical (unpaired) electrons. The van der Waals surface area contributed by atoms with Crippen molar-refractivity contribution in [3.05, 3.63) is 35.4 Å². The van der Waals surface area contributed by atoms with E-state index < -0.39 is 5.60 Å². The van der Waals surface area contributed by atoms with Gasteiger partial charge < -0.3 is 10.0 Å². The molecule has 0 aromatic heterocycles. The zero-order valence-corrected chi connectivity index (χ0v) is 10.2. The lowest BCUT2D eigenvalue weighted by Crippen LogP contribution is -2.47. The van der Waals surface area contributed by atoms with E-state index in [0.29, 0.717) is 0 Å². The topological polar surface area (TPSA) is 23.5 Å². The Labute approximate surface area is 97.9 Å². The van der Waals surface area contributed by atoms with Crippen LogP contribution < -0.4 is 0 Å². The second-order valence-corrected chi connectivity index (χ2v) is 5.17. The summed E-state index contributed by atoms with van der Waals surface area (Å²) in [6.07, 6.45) is 2.80. The SMILES string of the molecule is Cc1ccccc1CC1(O)CCCN(C)C1. The third-order valence-corrected chi connectivity index (χ3v) is 3.53. The lowest BCUT2D eigenvalue weighted by atomic mass is 9.85. The summed E-state index contributed by atoms with van der Waals surface area (Å²) in [7, 11) is 2.09. The van der Waals surface area contributed by atoms with Crippen LogP contribution in [-0.2, 0) is 6.42 Å². The summed E-state index contributed by atoms with van der Waals surface area (Å²) >= 11 is 0. The molecule has 1 aromatic carbocycles. The minimum Gasteiger partial charge on any atom is -0.388 e.